The fraction of sp³-hybridized carbons (Fsp3) is 0.250. The van der Waals surface area contributed by atoms with Gasteiger partial charge in [0.15, 0.2) is 0 Å². The van der Waals surface area contributed by atoms with Crippen LogP contribution in [0.4, 0.5) is 5.69 Å². The summed E-state index contributed by atoms with van der Waals surface area (Å²) >= 11 is 0. The summed E-state index contributed by atoms with van der Waals surface area (Å²) in [6, 6.07) is 16.4. The zero-order valence-corrected chi connectivity index (χ0v) is 18.8. The molecule has 1 aliphatic rings. The van der Waals surface area contributed by atoms with E-state index in [1.165, 1.54) is 10.6 Å². The normalized spacial score (nSPS) is 14.0. The molecule has 4 rings (SSSR count). The van der Waals surface area contributed by atoms with Gasteiger partial charge in [-0.05, 0) is 60.9 Å². The minimum absolute atomic E-state index is 0.198. The van der Waals surface area contributed by atoms with E-state index < -0.39 is 10.0 Å². The zero-order valence-electron chi connectivity index (χ0n) is 18.0. The molecule has 2 heterocycles. The predicted octanol–water partition coefficient (Wildman–Crippen LogP) is 3.47. The molecule has 0 saturated carbocycles. The number of benzene rings is 2. The topological polar surface area (TPSA) is 88.6 Å². The van der Waals surface area contributed by atoms with Gasteiger partial charge in [-0.2, -0.15) is 0 Å². The number of anilines is 1. The molecule has 0 bridgehead atoms. The van der Waals surface area contributed by atoms with Crippen LogP contribution in [-0.2, 0) is 23.1 Å². The summed E-state index contributed by atoms with van der Waals surface area (Å²) in [7, 11) is -3.31. The van der Waals surface area contributed by atoms with E-state index in [9.17, 15) is 13.2 Å². The third-order valence-corrected chi connectivity index (χ3v) is 6.63. The molecule has 1 atom stereocenters. The number of sulfonamides is 1. The number of hydrogen-bond acceptors (Lipinski definition) is 5. The largest absolute Gasteiger partial charge is 0.489 e. The molecule has 1 aliphatic heterocycles. The summed E-state index contributed by atoms with van der Waals surface area (Å²) in [5, 5.41) is 3.00. The minimum Gasteiger partial charge on any atom is -0.489 e. The fourth-order valence-electron chi connectivity index (χ4n) is 3.72. The van der Waals surface area contributed by atoms with E-state index in [4.69, 9.17) is 4.74 Å². The summed E-state index contributed by atoms with van der Waals surface area (Å²) in [5.74, 6) is 0.542. The molecule has 2 aromatic carbocycles. The second-order valence-corrected chi connectivity index (χ2v) is 9.75. The van der Waals surface area contributed by atoms with E-state index in [2.05, 4.69) is 10.3 Å². The van der Waals surface area contributed by atoms with Gasteiger partial charge >= 0.3 is 0 Å². The first kappa shape index (κ1) is 21.8. The third kappa shape index (κ3) is 4.91. The molecule has 0 saturated heterocycles. The number of fused-ring (bicyclic) bond motifs is 1. The first-order valence-electron chi connectivity index (χ1n) is 10.3. The lowest BCUT2D eigenvalue weighted by molar-refractivity contribution is 0.0940. The lowest BCUT2D eigenvalue weighted by Gasteiger charge is -2.17. The van der Waals surface area contributed by atoms with Crippen molar-refractivity contribution in [1.29, 1.82) is 0 Å². The molecule has 0 fully saturated rings. The fourth-order valence-corrected chi connectivity index (χ4v) is 4.68. The third-order valence-electron chi connectivity index (χ3n) is 5.45. The van der Waals surface area contributed by atoms with E-state index >= 15 is 0 Å². The van der Waals surface area contributed by atoms with E-state index in [0.29, 0.717) is 30.8 Å². The lowest BCUT2D eigenvalue weighted by atomic mass is 10.1. The molecule has 0 spiro atoms. The van der Waals surface area contributed by atoms with Crippen molar-refractivity contribution in [2.24, 2.45) is 0 Å². The molecular weight excluding hydrogens is 426 g/mol. The molecule has 0 aliphatic carbocycles. The van der Waals surface area contributed by atoms with Crippen LogP contribution in [0.2, 0.25) is 0 Å². The van der Waals surface area contributed by atoms with Gasteiger partial charge in [0.05, 0.1) is 18.0 Å². The van der Waals surface area contributed by atoms with Gasteiger partial charge in [-0.15, -0.1) is 0 Å². The maximum atomic E-state index is 12.8. The van der Waals surface area contributed by atoms with Crippen molar-refractivity contribution in [1.82, 2.24) is 10.3 Å². The highest BCUT2D eigenvalue weighted by molar-refractivity contribution is 7.92. The number of amides is 1. The summed E-state index contributed by atoms with van der Waals surface area (Å²) in [4.78, 5) is 16.8. The number of pyridine rings is 1. The van der Waals surface area contributed by atoms with E-state index in [0.717, 1.165) is 22.4 Å². The molecular formula is C24H25N3O4S. The Balaban J connectivity index is 1.37. The van der Waals surface area contributed by atoms with Crippen molar-refractivity contribution in [2.45, 2.75) is 26.0 Å². The van der Waals surface area contributed by atoms with Gasteiger partial charge in [0.25, 0.3) is 5.91 Å². The molecule has 1 aromatic heterocycles. The van der Waals surface area contributed by atoms with Crippen molar-refractivity contribution in [3.63, 3.8) is 0 Å². The number of nitrogens with zero attached hydrogens (tertiary/aromatic N) is 2. The van der Waals surface area contributed by atoms with Gasteiger partial charge in [-0.1, -0.05) is 18.2 Å². The smallest absolute Gasteiger partial charge is 0.251 e. The summed E-state index contributed by atoms with van der Waals surface area (Å²) in [5.41, 5.74) is 3.98. The van der Waals surface area contributed by atoms with Crippen LogP contribution in [0.25, 0.3) is 0 Å². The SMILES string of the molecule is CC(NC(=O)c1ccc2c(c1)CCN2S(C)(=O)=O)c1ccc(OCc2cccnc2)cc1. The average molecular weight is 452 g/mol. The maximum absolute atomic E-state index is 12.8. The van der Waals surface area contributed by atoms with Crippen LogP contribution in [0.3, 0.4) is 0 Å². The molecule has 3 aromatic rings. The molecule has 1 N–H and O–H groups in total. The first-order valence-corrected chi connectivity index (χ1v) is 12.2. The predicted molar refractivity (Wildman–Crippen MR) is 123 cm³/mol. The van der Waals surface area contributed by atoms with Crippen LogP contribution < -0.4 is 14.4 Å². The van der Waals surface area contributed by atoms with Crippen molar-refractivity contribution in [3.8, 4) is 5.75 Å². The number of hydrogen-bond donors (Lipinski definition) is 1. The van der Waals surface area contributed by atoms with Crippen LogP contribution in [0.1, 0.15) is 40.0 Å². The highest BCUT2D eigenvalue weighted by Crippen LogP contribution is 2.31. The molecule has 1 unspecified atom stereocenters. The Morgan fingerprint density at radius 3 is 2.66 bits per heavy atom. The lowest BCUT2D eigenvalue weighted by Crippen LogP contribution is -2.28. The second kappa shape index (κ2) is 9.00. The maximum Gasteiger partial charge on any atom is 0.251 e. The van der Waals surface area contributed by atoms with Gasteiger partial charge in [0, 0.05) is 30.1 Å². The number of carbonyl (C=O) groups excluding carboxylic acids is 1. The van der Waals surface area contributed by atoms with Gasteiger partial charge < -0.3 is 10.1 Å². The zero-order chi connectivity index (χ0) is 22.7. The second-order valence-electron chi connectivity index (χ2n) is 7.84. The number of nitrogens with one attached hydrogen (secondary N) is 1. The summed E-state index contributed by atoms with van der Waals surface area (Å²) in [6.45, 7) is 2.77. The van der Waals surface area contributed by atoms with Gasteiger partial charge in [0.1, 0.15) is 12.4 Å². The molecule has 8 heteroatoms. The van der Waals surface area contributed by atoms with Crippen LogP contribution in [0.15, 0.2) is 67.0 Å². The van der Waals surface area contributed by atoms with E-state index in [1.807, 2.05) is 43.3 Å². The Bertz CT molecular complexity index is 1210. The Labute approximate surface area is 188 Å². The van der Waals surface area contributed by atoms with Crippen LogP contribution >= 0.6 is 0 Å². The molecule has 1 amide bonds. The average Bonchev–Trinajstić information content (AvgIpc) is 3.22. The van der Waals surface area contributed by atoms with Crippen molar-refractivity contribution >= 4 is 21.6 Å². The summed E-state index contributed by atoms with van der Waals surface area (Å²) < 4.78 is 30.9. The summed E-state index contributed by atoms with van der Waals surface area (Å²) in [6.07, 6.45) is 5.28. The van der Waals surface area contributed by atoms with E-state index in [-0.39, 0.29) is 11.9 Å². The molecule has 0 radical (unpaired) electrons. The highest BCUT2D eigenvalue weighted by Gasteiger charge is 2.27. The van der Waals surface area contributed by atoms with Crippen molar-refractivity contribution in [2.75, 3.05) is 17.1 Å². The Morgan fingerprint density at radius 2 is 1.97 bits per heavy atom. The highest BCUT2D eigenvalue weighted by atomic mass is 32.2. The van der Waals surface area contributed by atoms with Crippen LogP contribution in [-0.4, -0.2) is 32.1 Å². The first-order chi connectivity index (χ1) is 15.3. The molecule has 32 heavy (non-hydrogen) atoms. The van der Waals surface area contributed by atoms with Gasteiger partial charge in [-0.25, -0.2) is 8.42 Å². The standard InChI is InChI=1S/C24H25N3O4S/c1-17(19-5-8-22(9-6-19)31-16-18-4-3-12-25-15-18)26-24(28)21-7-10-23-20(14-21)11-13-27(23)32(2,29)30/h3-10,12,14-15,17H,11,13,16H2,1-2H3,(H,26,28). The van der Waals surface area contributed by atoms with Crippen LogP contribution in [0.5, 0.6) is 5.75 Å². The Hall–Kier alpha value is -3.39. The number of carbonyl (C=O) groups is 1. The van der Waals surface area contributed by atoms with E-state index in [1.54, 1.807) is 30.6 Å². The molecule has 7 nitrogen and oxygen atoms in total. The van der Waals surface area contributed by atoms with Gasteiger partial charge in [0.2, 0.25) is 10.0 Å². The number of rotatable bonds is 7. The number of ether oxygens (including phenoxy) is 1. The Kier molecular flexibility index (Phi) is 6.14. The minimum atomic E-state index is -3.31. The Morgan fingerprint density at radius 1 is 1.19 bits per heavy atom. The monoisotopic (exact) mass is 451 g/mol. The molecule has 166 valence electrons. The quantitative estimate of drug-likeness (QED) is 0.594. The van der Waals surface area contributed by atoms with Crippen molar-refractivity contribution in [3.05, 3.63) is 89.2 Å². The van der Waals surface area contributed by atoms with Crippen molar-refractivity contribution < 1.29 is 17.9 Å². The van der Waals surface area contributed by atoms with Gasteiger partial charge in [-0.3, -0.25) is 14.1 Å². The van der Waals surface area contributed by atoms with Crippen LogP contribution in [0, 0.1) is 0 Å². The number of aromatic nitrogens is 1.